The highest BCUT2D eigenvalue weighted by Crippen LogP contribution is 2.14. The Kier molecular flexibility index (Phi) is 3.02. The first-order valence-electron chi connectivity index (χ1n) is 6.34. The Hall–Kier alpha value is -2.56. The van der Waals surface area contributed by atoms with E-state index in [2.05, 4.69) is 4.98 Å². The summed E-state index contributed by atoms with van der Waals surface area (Å²) in [4.78, 5) is 16.7. The number of imidazole rings is 1. The molecule has 0 spiro atoms. The van der Waals surface area contributed by atoms with Crippen molar-refractivity contribution in [3.63, 3.8) is 0 Å². The molecule has 20 heavy (non-hydrogen) atoms. The van der Waals surface area contributed by atoms with Gasteiger partial charge in [-0.2, -0.15) is 0 Å². The van der Waals surface area contributed by atoms with Gasteiger partial charge >= 0.3 is 0 Å². The van der Waals surface area contributed by atoms with Crippen LogP contribution in [0.3, 0.4) is 0 Å². The van der Waals surface area contributed by atoms with Crippen molar-refractivity contribution in [1.29, 1.82) is 0 Å². The molecule has 0 fully saturated rings. The minimum atomic E-state index is -0.151. The predicted molar refractivity (Wildman–Crippen MR) is 77.1 cm³/mol. The van der Waals surface area contributed by atoms with Crippen LogP contribution in [0, 0.1) is 0 Å². The summed E-state index contributed by atoms with van der Waals surface area (Å²) in [7, 11) is 3.45. The molecule has 0 amide bonds. The van der Waals surface area contributed by atoms with Gasteiger partial charge in [-0.05, 0) is 24.3 Å². The van der Waals surface area contributed by atoms with Crippen molar-refractivity contribution in [3.05, 3.63) is 58.8 Å². The quantitative estimate of drug-likeness (QED) is 0.728. The Labute approximate surface area is 116 Å². The van der Waals surface area contributed by atoms with E-state index >= 15 is 0 Å². The van der Waals surface area contributed by atoms with Crippen molar-refractivity contribution in [3.8, 4) is 5.75 Å². The number of methoxy groups -OCH3 is 1. The van der Waals surface area contributed by atoms with Gasteiger partial charge in [-0.1, -0.05) is 12.1 Å². The van der Waals surface area contributed by atoms with E-state index in [1.165, 1.54) is 7.11 Å². The third-order valence-corrected chi connectivity index (χ3v) is 3.40. The first-order chi connectivity index (χ1) is 9.70. The normalized spacial score (nSPS) is 10.9. The number of para-hydroxylation sites is 2. The SMILES string of the molecule is COc1cccn(Cc2nc3ccccc3n2C)c1=O. The molecule has 3 rings (SSSR count). The molecule has 0 atom stereocenters. The van der Waals surface area contributed by atoms with Crippen molar-refractivity contribution in [2.45, 2.75) is 6.54 Å². The number of ether oxygens (including phenoxy) is 1. The standard InChI is InChI=1S/C15H15N3O2/c1-17-12-7-4-3-6-11(12)16-14(17)10-18-9-5-8-13(20-2)15(18)19/h3-9H,10H2,1-2H3. The summed E-state index contributed by atoms with van der Waals surface area (Å²) in [5.41, 5.74) is 1.83. The number of rotatable bonds is 3. The van der Waals surface area contributed by atoms with Crippen molar-refractivity contribution in [1.82, 2.24) is 14.1 Å². The Morgan fingerprint density at radius 1 is 1.20 bits per heavy atom. The largest absolute Gasteiger partial charge is 0.491 e. The highest BCUT2D eigenvalue weighted by molar-refractivity contribution is 5.75. The second kappa shape index (κ2) is 4.85. The van der Waals surface area contributed by atoms with E-state index < -0.39 is 0 Å². The van der Waals surface area contributed by atoms with Crippen LogP contribution < -0.4 is 10.3 Å². The second-order valence-corrected chi connectivity index (χ2v) is 4.59. The summed E-state index contributed by atoms with van der Waals surface area (Å²) in [6.45, 7) is 0.418. The molecule has 2 aromatic heterocycles. The third-order valence-electron chi connectivity index (χ3n) is 3.40. The summed E-state index contributed by atoms with van der Waals surface area (Å²) >= 11 is 0. The van der Waals surface area contributed by atoms with Gasteiger partial charge < -0.3 is 13.9 Å². The van der Waals surface area contributed by atoms with E-state index in [0.717, 1.165) is 16.9 Å². The lowest BCUT2D eigenvalue weighted by Gasteiger charge is -2.07. The van der Waals surface area contributed by atoms with Gasteiger partial charge in [0.15, 0.2) is 5.75 Å². The van der Waals surface area contributed by atoms with Crippen LogP contribution in [0.25, 0.3) is 11.0 Å². The lowest BCUT2D eigenvalue weighted by molar-refractivity contribution is 0.403. The van der Waals surface area contributed by atoms with Gasteiger partial charge in [-0.15, -0.1) is 0 Å². The topological polar surface area (TPSA) is 49.0 Å². The van der Waals surface area contributed by atoms with Gasteiger partial charge in [0.05, 0.1) is 24.7 Å². The Morgan fingerprint density at radius 2 is 2.00 bits per heavy atom. The van der Waals surface area contributed by atoms with Gasteiger partial charge in [0.1, 0.15) is 5.82 Å². The molecule has 0 N–H and O–H groups in total. The first kappa shape index (κ1) is 12.5. The highest BCUT2D eigenvalue weighted by atomic mass is 16.5. The molecular formula is C15H15N3O2. The van der Waals surface area contributed by atoms with Gasteiger partial charge in [-0.25, -0.2) is 4.98 Å². The summed E-state index contributed by atoms with van der Waals surface area (Å²) in [5, 5.41) is 0. The summed E-state index contributed by atoms with van der Waals surface area (Å²) in [5.74, 6) is 1.17. The highest BCUT2D eigenvalue weighted by Gasteiger charge is 2.09. The van der Waals surface area contributed by atoms with Crippen LogP contribution in [0.4, 0.5) is 0 Å². The fraction of sp³-hybridized carbons (Fsp3) is 0.200. The number of nitrogens with zero attached hydrogens (tertiary/aromatic N) is 3. The number of aryl methyl sites for hydroxylation is 1. The number of hydrogen-bond acceptors (Lipinski definition) is 3. The maximum Gasteiger partial charge on any atom is 0.293 e. The zero-order valence-electron chi connectivity index (χ0n) is 11.4. The fourth-order valence-electron chi connectivity index (χ4n) is 2.28. The van der Waals surface area contributed by atoms with E-state index in [0.29, 0.717) is 12.3 Å². The fourth-order valence-corrected chi connectivity index (χ4v) is 2.28. The first-order valence-corrected chi connectivity index (χ1v) is 6.34. The molecule has 5 nitrogen and oxygen atoms in total. The molecule has 0 radical (unpaired) electrons. The second-order valence-electron chi connectivity index (χ2n) is 4.59. The van der Waals surface area contributed by atoms with Crippen molar-refractivity contribution in [2.24, 2.45) is 7.05 Å². The molecule has 3 aromatic rings. The zero-order valence-corrected chi connectivity index (χ0v) is 11.4. The van der Waals surface area contributed by atoms with Crippen LogP contribution in [0.5, 0.6) is 5.75 Å². The molecule has 0 saturated heterocycles. The smallest absolute Gasteiger partial charge is 0.293 e. The lowest BCUT2D eigenvalue weighted by atomic mass is 10.3. The van der Waals surface area contributed by atoms with Gasteiger partial charge in [0.2, 0.25) is 0 Å². The summed E-state index contributed by atoms with van der Waals surface area (Å²) < 4.78 is 8.65. The molecule has 5 heteroatoms. The maximum absolute atomic E-state index is 12.1. The van der Waals surface area contributed by atoms with Crippen LogP contribution in [-0.4, -0.2) is 21.2 Å². The molecule has 2 heterocycles. The van der Waals surface area contributed by atoms with E-state index in [1.54, 1.807) is 22.9 Å². The monoisotopic (exact) mass is 269 g/mol. The molecule has 0 aliphatic rings. The van der Waals surface area contributed by atoms with Crippen LogP contribution >= 0.6 is 0 Å². The van der Waals surface area contributed by atoms with Crippen LogP contribution in [0.1, 0.15) is 5.82 Å². The molecule has 0 unspecified atom stereocenters. The Morgan fingerprint density at radius 3 is 2.75 bits per heavy atom. The minimum absolute atomic E-state index is 0.151. The molecule has 1 aromatic carbocycles. The Balaban J connectivity index is 2.06. The van der Waals surface area contributed by atoms with Gasteiger partial charge in [0.25, 0.3) is 5.56 Å². The maximum atomic E-state index is 12.1. The van der Waals surface area contributed by atoms with Gasteiger partial charge in [-0.3, -0.25) is 4.79 Å². The van der Waals surface area contributed by atoms with E-state index in [-0.39, 0.29) is 5.56 Å². The zero-order chi connectivity index (χ0) is 14.1. The summed E-state index contributed by atoms with van der Waals surface area (Å²) in [6, 6.07) is 11.4. The molecule has 0 aliphatic heterocycles. The van der Waals surface area contributed by atoms with E-state index in [4.69, 9.17) is 4.74 Å². The molecule has 0 aliphatic carbocycles. The van der Waals surface area contributed by atoms with Crippen LogP contribution in [0.15, 0.2) is 47.4 Å². The number of hydrogen-bond donors (Lipinski definition) is 0. The molecule has 0 saturated carbocycles. The number of pyridine rings is 1. The Bertz CT molecular complexity index is 817. The number of benzene rings is 1. The molecule has 102 valence electrons. The average molecular weight is 269 g/mol. The van der Waals surface area contributed by atoms with E-state index in [1.807, 2.05) is 35.9 Å². The average Bonchev–Trinajstić information content (AvgIpc) is 2.78. The van der Waals surface area contributed by atoms with Gasteiger partial charge in [0, 0.05) is 13.2 Å². The lowest BCUT2D eigenvalue weighted by Crippen LogP contribution is -2.22. The number of fused-ring (bicyclic) bond motifs is 1. The molecular weight excluding hydrogens is 254 g/mol. The summed E-state index contributed by atoms with van der Waals surface area (Å²) in [6.07, 6.45) is 1.74. The van der Waals surface area contributed by atoms with Crippen molar-refractivity contribution in [2.75, 3.05) is 7.11 Å². The van der Waals surface area contributed by atoms with Crippen molar-refractivity contribution >= 4 is 11.0 Å². The number of aromatic nitrogens is 3. The molecule has 0 bridgehead atoms. The van der Waals surface area contributed by atoms with Crippen molar-refractivity contribution < 1.29 is 4.74 Å². The third kappa shape index (κ3) is 1.97. The van der Waals surface area contributed by atoms with E-state index in [9.17, 15) is 4.79 Å². The predicted octanol–water partition coefficient (Wildman–Crippen LogP) is 1.79. The minimum Gasteiger partial charge on any atom is -0.491 e. The van der Waals surface area contributed by atoms with Crippen LogP contribution in [-0.2, 0) is 13.6 Å². The van der Waals surface area contributed by atoms with Crippen LogP contribution in [0.2, 0.25) is 0 Å².